The number of carboxylic acids is 1. The topological polar surface area (TPSA) is 71.5 Å². The van der Waals surface area contributed by atoms with Crippen molar-refractivity contribution in [3.8, 4) is 11.5 Å². The van der Waals surface area contributed by atoms with Gasteiger partial charge in [0.05, 0.1) is 25.3 Å². The Morgan fingerprint density at radius 1 is 1.00 bits per heavy atom. The van der Waals surface area contributed by atoms with Gasteiger partial charge < -0.3 is 24.2 Å². The molecule has 2 aromatic carbocycles. The number of aromatic carboxylic acids is 1. The summed E-state index contributed by atoms with van der Waals surface area (Å²) in [4.78, 5) is 15.6. The lowest BCUT2D eigenvalue weighted by atomic mass is 10.2. The number of nitrogens with zero attached hydrogens (tertiary/aromatic N) is 2. The molecule has 1 atom stereocenters. The van der Waals surface area contributed by atoms with Crippen molar-refractivity contribution in [3.05, 3.63) is 54.1 Å². The van der Waals surface area contributed by atoms with Crippen LogP contribution in [-0.2, 0) is 4.74 Å². The molecule has 7 nitrogen and oxygen atoms in total. The van der Waals surface area contributed by atoms with E-state index in [9.17, 15) is 4.79 Å². The number of benzene rings is 2. The monoisotopic (exact) mass is 412 g/mol. The first-order chi connectivity index (χ1) is 14.7. The van der Waals surface area contributed by atoms with Crippen LogP contribution in [0.5, 0.6) is 11.5 Å². The second-order valence-corrected chi connectivity index (χ2v) is 7.60. The van der Waals surface area contributed by atoms with E-state index in [4.69, 9.17) is 19.3 Å². The molecule has 2 heterocycles. The Hall–Kier alpha value is -2.77. The van der Waals surface area contributed by atoms with Crippen LogP contribution in [0, 0.1) is 0 Å². The molecular formula is C23H28N2O5. The van der Waals surface area contributed by atoms with Gasteiger partial charge in [0.25, 0.3) is 0 Å². The number of carboxylic acid groups (broad SMARTS) is 1. The highest BCUT2D eigenvalue weighted by Crippen LogP contribution is 2.25. The van der Waals surface area contributed by atoms with Gasteiger partial charge in [-0.25, -0.2) is 4.79 Å². The van der Waals surface area contributed by atoms with E-state index in [1.54, 1.807) is 12.1 Å². The summed E-state index contributed by atoms with van der Waals surface area (Å²) in [6.45, 7) is 6.79. The predicted molar refractivity (Wildman–Crippen MR) is 114 cm³/mol. The fourth-order valence-corrected chi connectivity index (χ4v) is 3.80. The minimum absolute atomic E-state index is 0.109. The highest BCUT2D eigenvalue weighted by molar-refractivity contribution is 5.88. The SMILES string of the molecule is O=C(O)c1ccc(N2CCC(Oc3ccc(OCCN4CCOCC4)cc3)C2)cc1. The third-order valence-electron chi connectivity index (χ3n) is 5.53. The molecule has 1 N–H and O–H groups in total. The van der Waals surface area contributed by atoms with Gasteiger partial charge in [-0.2, -0.15) is 0 Å². The number of carbonyl (C=O) groups is 1. The quantitative estimate of drug-likeness (QED) is 0.715. The number of anilines is 1. The smallest absolute Gasteiger partial charge is 0.335 e. The van der Waals surface area contributed by atoms with Crippen LogP contribution in [0.15, 0.2) is 48.5 Å². The Morgan fingerprint density at radius 2 is 1.70 bits per heavy atom. The molecule has 0 amide bonds. The Morgan fingerprint density at radius 3 is 2.40 bits per heavy atom. The van der Waals surface area contributed by atoms with Crippen LogP contribution in [0.25, 0.3) is 0 Å². The van der Waals surface area contributed by atoms with E-state index in [-0.39, 0.29) is 6.10 Å². The fraction of sp³-hybridized carbons (Fsp3) is 0.435. The van der Waals surface area contributed by atoms with Crippen LogP contribution in [0.2, 0.25) is 0 Å². The van der Waals surface area contributed by atoms with E-state index in [2.05, 4.69) is 9.80 Å². The second kappa shape index (κ2) is 9.82. The maximum Gasteiger partial charge on any atom is 0.335 e. The van der Waals surface area contributed by atoms with Gasteiger partial charge in [-0.1, -0.05) is 0 Å². The van der Waals surface area contributed by atoms with E-state index in [1.165, 1.54) is 0 Å². The van der Waals surface area contributed by atoms with E-state index in [0.29, 0.717) is 12.2 Å². The molecule has 0 saturated carbocycles. The van der Waals surface area contributed by atoms with Gasteiger partial charge in [0, 0.05) is 38.3 Å². The standard InChI is InChI=1S/C23H28N2O5/c26-23(27)18-1-3-19(4-2-18)25-10-9-22(17-25)30-21-7-5-20(6-8-21)29-16-13-24-11-14-28-15-12-24/h1-8,22H,9-17H2,(H,26,27). The zero-order chi connectivity index (χ0) is 20.8. The van der Waals surface area contributed by atoms with Gasteiger partial charge in [0.15, 0.2) is 0 Å². The Balaban J connectivity index is 1.22. The highest BCUT2D eigenvalue weighted by Gasteiger charge is 2.24. The molecule has 0 radical (unpaired) electrons. The zero-order valence-electron chi connectivity index (χ0n) is 17.0. The summed E-state index contributed by atoms with van der Waals surface area (Å²) in [7, 11) is 0. The maximum atomic E-state index is 11.0. The number of ether oxygens (including phenoxy) is 3. The van der Waals surface area contributed by atoms with Crippen molar-refractivity contribution in [1.29, 1.82) is 0 Å². The molecule has 0 aromatic heterocycles. The minimum atomic E-state index is -0.905. The molecule has 2 aliphatic heterocycles. The van der Waals surface area contributed by atoms with Crippen LogP contribution in [-0.4, -0.2) is 74.6 Å². The van der Waals surface area contributed by atoms with Crippen molar-refractivity contribution in [1.82, 2.24) is 4.90 Å². The van der Waals surface area contributed by atoms with Gasteiger partial charge in [0.1, 0.15) is 24.2 Å². The van der Waals surface area contributed by atoms with E-state index in [1.807, 2.05) is 36.4 Å². The van der Waals surface area contributed by atoms with E-state index < -0.39 is 5.97 Å². The van der Waals surface area contributed by atoms with Gasteiger partial charge in [-0.05, 0) is 48.5 Å². The van der Waals surface area contributed by atoms with Crippen LogP contribution in [0.4, 0.5) is 5.69 Å². The molecular weight excluding hydrogens is 384 g/mol. The summed E-state index contributed by atoms with van der Waals surface area (Å²) in [5.74, 6) is 0.781. The van der Waals surface area contributed by atoms with Crippen molar-refractivity contribution in [2.24, 2.45) is 0 Å². The lowest BCUT2D eigenvalue weighted by Gasteiger charge is -2.26. The molecule has 2 fully saturated rings. The highest BCUT2D eigenvalue weighted by atomic mass is 16.5. The Kier molecular flexibility index (Phi) is 6.71. The lowest BCUT2D eigenvalue weighted by molar-refractivity contribution is 0.0322. The summed E-state index contributed by atoms with van der Waals surface area (Å²) < 4.78 is 17.3. The summed E-state index contributed by atoms with van der Waals surface area (Å²) in [6, 6.07) is 14.8. The molecule has 2 aromatic rings. The lowest BCUT2D eigenvalue weighted by Crippen LogP contribution is -2.38. The molecule has 2 saturated heterocycles. The molecule has 7 heteroatoms. The average molecular weight is 412 g/mol. The van der Waals surface area contributed by atoms with Crippen LogP contribution in [0.1, 0.15) is 16.8 Å². The molecule has 0 spiro atoms. The summed E-state index contributed by atoms with van der Waals surface area (Å²) in [6.07, 6.45) is 1.04. The average Bonchev–Trinajstić information content (AvgIpc) is 3.24. The summed E-state index contributed by atoms with van der Waals surface area (Å²) in [5, 5.41) is 9.03. The number of hydrogen-bond acceptors (Lipinski definition) is 6. The predicted octanol–water partition coefficient (Wildman–Crippen LogP) is 2.75. The Labute approximate surface area is 176 Å². The fourth-order valence-electron chi connectivity index (χ4n) is 3.80. The zero-order valence-corrected chi connectivity index (χ0v) is 17.0. The first-order valence-electron chi connectivity index (χ1n) is 10.5. The molecule has 0 bridgehead atoms. The van der Waals surface area contributed by atoms with Gasteiger partial charge in [-0.15, -0.1) is 0 Å². The van der Waals surface area contributed by atoms with Crippen molar-refractivity contribution >= 4 is 11.7 Å². The van der Waals surface area contributed by atoms with Gasteiger partial charge in [0.2, 0.25) is 0 Å². The largest absolute Gasteiger partial charge is 0.492 e. The van der Waals surface area contributed by atoms with E-state index in [0.717, 1.165) is 69.5 Å². The first-order valence-corrected chi connectivity index (χ1v) is 10.5. The molecule has 0 aliphatic carbocycles. The van der Waals surface area contributed by atoms with Gasteiger partial charge >= 0.3 is 5.97 Å². The van der Waals surface area contributed by atoms with Crippen molar-refractivity contribution in [2.75, 3.05) is 57.4 Å². The Bertz CT molecular complexity index is 818. The van der Waals surface area contributed by atoms with Crippen molar-refractivity contribution in [3.63, 3.8) is 0 Å². The summed E-state index contributed by atoms with van der Waals surface area (Å²) >= 11 is 0. The summed E-state index contributed by atoms with van der Waals surface area (Å²) in [5.41, 5.74) is 1.33. The normalized spacial score (nSPS) is 19.6. The molecule has 2 aliphatic rings. The number of morpholine rings is 1. The molecule has 4 rings (SSSR count). The van der Waals surface area contributed by atoms with Crippen LogP contribution in [0.3, 0.4) is 0 Å². The minimum Gasteiger partial charge on any atom is -0.492 e. The first kappa shape index (κ1) is 20.5. The van der Waals surface area contributed by atoms with Crippen molar-refractivity contribution < 1.29 is 24.1 Å². The molecule has 30 heavy (non-hydrogen) atoms. The van der Waals surface area contributed by atoms with Crippen molar-refractivity contribution in [2.45, 2.75) is 12.5 Å². The third kappa shape index (κ3) is 5.43. The van der Waals surface area contributed by atoms with E-state index >= 15 is 0 Å². The second-order valence-electron chi connectivity index (χ2n) is 7.60. The number of hydrogen-bond donors (Lipinski definition) is 1. The maximum absolute atomic E-state index is 11.0. The number of rotatable bonds is 8. The molecule has 160 valence electrons. The molecule has 1 unspecified atom stereocenters. The van der Waals surface area contributed by atoms with Crippen LogP contribution >= 0.6 is 0 Å². The third-order valence-corrected chi connectivity index (χ3v) is 5.53. The van der Waals surface area contributed by atoms with Crippen LogP contribution < -0.4 is 14.4 Å². The van der Waals surface area contributed by atoms with Gasteiger partial charge in [-0.3, -0.25) is 4.90 Å².